The Kier molecular flexibility index (Phi) is 6.85. The number of hydrogen-bond donors (Lipinski definition) is 1. The van der Waals surface area contributed by atoms with Crippen LogP contribution in [0.5, 0.6) is 11.5 Å². The van der Waals surface area contributed by atoms with E-state index in [1.165, 1.54) is 0 Å². The summed E-state index contributed by atoms with van der Waals surface area (Å²) in [6, 6.07) is 20.8. The van der Waals surface area contributed by atoms with Crippen LogP contribution in [-0.2, 0) is 0 Å². The van der Waals surface area contributed by atoms with Crippen molar-refractivity contribution in [2.45, 2.75) is 57.6 Å². The fourth-order valence-electron chi connectivity index (χ4n) is 3.62. The molecule has 0 fully saturated rings. The first-order valence-corrected chi connectivity index (χ1v) is 11.4. The number of benzene rings is 3. The van der Waals surface area contributed by atoms with E-state index < -0.39 is 0 Å². The summed E-state index contributed by atoms with van der Waals surface area (Å²) in [7, 11) is 4.14. The zero-order valence-corrected chi connectivity index (χ0v) is 21.4. The Labute approximate surface area is 198 Å². The summed E-state index contributed by atoms with van der Waals surface area (Å²) in [6.45, 7) is 12.3. The van der Waals surface area contributed by atoms with Crippen LogP contribution in [-0.4, -0.2) is 25.3 Å². The highest BCUT2D eigenvalue weighted by atomic mass is 32.1. The van der Waals surface area contributed by atoms with E-state index in [9.17, 15) is 0 Å². The standard InChI is InChI=1S/C28H35NO2S/c1-27(2,3)30-21-13-9-19(10-14-21)25-23(29(7)8)17-18-24(32)26(25)20-11-15-22(16-12-20)31-28(4,5)6/h9-18,32H,1-8H3. The maximum absolute atomic E-state index is 6.02. The number of rotatable bonds is 5. The molecule has 0 saturated heterocycles. The van der Waals surface area contributed by atoms with Crippen LogP contribution >= 0.6 is 12.6 Å². The highest BCUT2D eigenvalue weighted by Gasteiger charge is 2.19. The topological polar surface area (TPSA) is 21.7 Å². The van der Waals surface area contributed by atoms with Gasteiger partial charge in [0.15, 0.2) is 0 Å². The molecule has 0 unspecified atom stereocenters. The lowest BCUT2D eigenvalue weighted by Crippen LogP contribution is -2.22. The van der Waals surface area contributed by atoms with Crippen molar-refractivity contribution in [1.29, 1.82) is 0 Å². The summed E-state index contributed by atoms with van der Waals surface area (Å²) in [5.74, 6) is 1.72. The molecular formula is C28H35NO2S. The quantitative estimate of drug-likeness (QED) is 0.403. The smallest absolute Gasteiger partial charge is 0.120 e. The van der Waals surface area contributed by atoms with E-state index >= 15 is 0 Å². The average Bonchev–Trinajstić information content (AvgIpc) is 2.66. The summed E-state index contributed by atoms with van der Waals surface area (Å²) in [6.07, 6.45) is 0. The lowest BCUT2D eigenvalue weighted by atomic mass is 9.92. The second-order valence-corrected chi connectivity index (χ2v) is 10.7. The molecule has 3 nitrogen and oxygen atoms in total. The molecule has 0 aromatic heterocycles. The molecule has 0 aliphatic rings. The van der Waals surface area contributed by atoms with E-state index in [1.54, 1.807) is 0 Å². The molecule has 0 saturated carbocycles. The predicted molar refractivity (Wildman–Crippen MR) is 140 cm³/mol. The van der Waals surface area contributed by atoms with E-state index in [0.29, 0.717) is 0 Å². The Morgan fingerprint density at radius 3 is 1.38 bits per heavy atom. The lowest BCUT2D eigenvalue weighted by Gasteiger charge is -2.24. The molecule has 0 aliphatic carbocycles. The van der Waals surface area contributed by atoms with Crippen molar-refractivity contribution in [2.24, 2.45) is 0 Å². The first-order valence-electron chi connectivity index (χ1n) is 11.0. The molecule has 0 bridgehead atoms. The van der Waals surface area contributed by atoms with Crippen LogP contribution in [0.25, 0.3) is 22.3 Å². The van der Waals surface area contributed by atoms with Gasteiger partial charge in [0.1, 0.15) is 22.7 Å². The van der Waals surface area contributed by atoms with Crippen LogP contribution in [0.1, 0.15) is 41.5 Å². The molecule has 0 atom stereocenters. The minimum absolute atomic E-state index is 0.233. The molecule has 0 radical (unpaired) electrons. The first-order chi connectivity index (χ1) is 14.8. The van der Waals surface area contributed by atoms with Crippen molar-refractivity contribution in [3.8, 4) is 33.8 Å². The van der Waals surface area contributed by atoms with E-state index in [2.05, 4.69) is 96.9 Å². The van der Waals surface area contributed by atoms with Gasteiger partial charge in [-0.05, 0) is 89.1 Å². The van der Waals surface area contributed by atoms with E-state index in [0.717, 1.165) is 44.3 Å². The third-order valence-corrected chi connectivity index (χ3v) is 5.15. The minimum atomic E-state index is -0.233. The third-order valence-electron chi connectivity index (χ3n) is 4.78. The Bertz CT molecular complexity index is 1060. The van der Waals surface area contributed by atoms with Gasteiger partial charge in [0.05, 0.1) is 0 Å². The average molecular weight is 450 g/mol. The van der Waals surface area contributed by atoms with Gasteiger partial charge in [0, 0.05) is 35.8 Å². The number of anilines is 1. The molecule has 4 heteroatoms. The summed E-state index contributed by atoms with van der Waals surface area (Å²) >= 11 is 4.84. The maximum atomic E-state index is 6.02. The predicted octanol–water partition coefficient (Wildman–Crippen LogP) is 7.73. The summed E-state index contributed by atoms with van der Waals surface area (Å²) in [5, 5.41) is 0. The Hall–Kier alpha value is -2.59. The highest BCUT2D eigenvalue weighted by molar-refractivity contribution is 7.80. The van der Waals surface area contributed by atoms with Gasteiger partial charge in [-0.3, -0.25) is 0 Å². The second-order valence-electron chi connectivity index (χ2n) is 10.2. The zero-order chi connectivity index (χ0) is 23.7. The van der Waals surface area contributed by atoms with Crippen LogP contribution in [0.4, 0.5) is 5.69 Å². The van der Waals surface area contributed by atoms with Crippen molar-refractivity contribution in [1.82, 2.24) is 0 Å². The zero-order valence-electron chi connectivity index (χ0n) is 20.5. The van der Waals surface area contributed by atoms with Crippen molar-refractivity contribution >= 4 is 18.3 Å². The molecular weight excluding hydrogens is 414 g/mol. The summed E-state index contributed by atoms with van der Waals surface area (Å²) in [4.78, 5) is 3.08. The van der Waals surface area contributed by atoms with Crippen LogP contribution in [0.3, 0.4) is 0 Å². The number of nitrogens with zero attached hydrogens (tertiary/aromatic N) is 1. The second kappa shape index (κ2) is 9.11. The van der Waals surface area contributed by atoms with Gasteiger partial charge in [-0.2, -0.15) is 0 Å². The van der Waals surface area contributed by atoms with Crippen LogP contribution in [0.2, 0.25) is 0 Å². The van der Waals surface area contributed by atoms with Gasteiger partial charge in [0.2, 0.25) is 0 Å². The van der Waals surface area contributed by atoms with Crippen molar-refractivity contribution in [2.75, 3.05) is 19.0 Å². The molecule has 0 amide bonds. The normalized spacial score (nSPS) is 11.9. The van der Waals surface area contributed by atoms with Gasteiger partial charge in [0.25, 0.3) is 0 Å². The van der Waals surface area contributed by atoms with Crippen LogP contribution < -0.4 is 14.4 Å². The van der Waals surface area contributed by atoms with Crippen molar-refractivity contribution in [3.63, 3.8) is 0 Å². The number of hydrogen-bond acceptors (Lipinski definition) is 4. The van der Waals surface area contributed by atoms with Gasteiger partial charge in [-0.15, -0.1) is 12.6 Å². The first kappa shape index (κ1) is 24.1. The fourth-order valence-corrected chi connectivity index (χ4v) is 3.94. The van der Waals surface area contributed by atoms with Crippen molar-refractivity contribution in [3.05, 3.63) is 60.7 Å². The molecule has 3 aromatic carbocycles. The van der Waals surface area contributed by atoms with Gasteiger partial charge in [-0.25, -0.2) is 0 Å². The molecule has 32 heavy (non-hydrogen) atoms. The summed E-state index contributed by atoms with van der Waals surface area (Å²) < 4.78 is 12.0. The summed E-state index contributed by atoms with van der Waals surface area (Å²) in [5.41, 5.74) is 5.14. The van der Waals surface area contributed by atoms with E-state index in [4.69, 9.17) is 22.1 Å². The maximum Gasteiger partial charge on any atom is 0.120 e. The van der Waals surface area contributed by atoms with E-state index in [1.807, 2.05) is 24.3 Å². The van der Waals surface area contributed by atoms with Gasteiger partial charge < -0.3 is 14.4 Å². The SMILES string of the molecule is CN(C)c1ccc(S)c(-c2ccc(OC(C)(C)C)cc2)c1-c1ccc(OC(C)(C)C)cc1. The highest BCUT2D eigenvalue weighted by Crippen LogP contribution is 2.43. The molecule has 0 spiro atoms. The monoisotopic (exact) mass is 449 g/mol. The van der Waals surface area contributed by atoms with Gasteiger partial charge in [-0.1, -0.05) is 24.3 Å². The largest absolute Gasteiger partial charge is 0.488 e. The molecule has 170 valence electrons. The van der Waals surface area contributed by atoms with E-state index in [-0.39, 0.29) is 11.2 Å². The fraction of sp³-hybridized carbons (Fsp3) is 0.357. The Balaban J connectivity index is 2.11. The van der Waals surface area contributed by atoms with Gasteiger partial charge >= 0.3 is 0 Å². The molecule has 0 N–H and O–H groups in total. The molecule has 3 rings (SSSR count). The molecule has 3 aromatic rings. The molecule has 0 aliphatic heterocycles. The van der Waals surface area contributed by atoms with Crippen molar-refractivity contribution < 1.29 is 9.47 Å². The van der Waals surface area contributed by atoms with Crippen LogP contribution in [0, 0.1) is 0 Å². The third kappa shape index (κ3) is 6.01. The molecule has 0 heterocycles. The van der Waals surface area contributed by atoms with Crippen LogP contribution in [0.15, 0.2) is 65.6 Å². The Morgan fingerprint density at radius 2 is 1.00 bits per heavy atom. The number of thiol groups is 1. The Morgan fingerprint density at radius 1 is 0.594 bits per heavy atom. The lowest BCUT2D eigenvalue weighted by molar-refractivity contribution is 0.130. The number of ether oxygens (including phenoxy) is 2. The minimum Gasteiger partial charge on any atom is -0.488 e.